The molecule has 0 bridgehead atoms. The van der Waals surface area contributed by atoms with Crippen molar-refractivity contribution >= 4 is 23.0 Å². The lowest BCUT2D eigenvalue weighted by atomic mass is 10.1. The van der Waals surface area contributed by atoms with Crippen molar-refractivity contribution in [2.45, 2.75) is 27.2 Å². The van der Waals surface area contributed by atoms with Crippen LogP contribution in [0.2, 0.25) is 0 Å². The van der Waals surface area contributed by atoms with Gasteiger partial charge in [0.1, 0.15) is 0 Å². The number of amides is 1. The maximum atomic E-state index is 12.3. The molecule has 4 rings (SSSR count). The molecule has 0 atom stereocenters. The van der Waals surface area contributed by atoms with Gasteiger partial charge in [-0.25, -0.2) is 5.43 Å². The summed E-state index contributed by atoms with van der Waals surface area (Å²) in [5, 5.41) is 5.24. The zero-order valence-electron chi connectivity index (χ0n) is 16.9. The second kappa shape index (κ2) is 7.80. The minimum atomic E-state index is -0.140. The molecule has 2 aromatic carbocycles. The highest BCUT2D eigenvalue weighted by Gasteiger charge is 2.10. The standard InChI is InChI=1S/C24H24N4O/c1-16-8-10-21(11-9-16)28-17(2)12-19(18(28)3)15-26-27-24(29)13-20-14-25-23-7-5-4-6-22(20)23/h4-12,14-15,25H,13H2,1-3H3,(H,27,29)/b26-15+. The number of aryl methyl sites for hydroxylation is 2. The zero-order chi connectivity index (χ0) is 20.4. The molecule has 0 saturated heterocycles. The molecule has 0 radical (unpaired) electrons. The third kappa shape index (κ3) is 3.85. The fourth-order valence-corrected chi connectivity index (χ4v) is 3.67. The normalized spacial score (nSPS) is 11.4. The summed E-state index contributed by atoms with van der Waals surface area (Å²) in [5.74, 6) is -0.140. The van der Waals surface area contributed by atoms with E-state index in [0.717, 1.165) is 39.1 Å². The Bertz CT molecular complexity index is 1200. The van der Waals surface area contributed by atoms with Crippen LogP contribution in [0, 0.1) is 20.8 Å². The molecule has 0 aliphatic rings. The van der Waals surface area contributed by atoms with Gasteiger partial charge >= 0.3 is 0 Å². The van der Waals surface area contributed by atoms with Crippen molar-refractivity contribution < 1.29 is 4.79 Å². The third-order valence-corrected chi connectivity index (χ3v) is 5.18. The van der Waals surface area contributed by atoms with Crippen LogP contribution in [0.3, 0.4) is 0 Å². The Balaban J connectivity index is 1.46. The van der Waals surface area contributed by atoms with Gasteiger partial charge in [-0.2, -0.15) is 5.10 Å². The van der Waals surface area contributed by atoms with Gasteiger partial charge in [0.2, 0.25) is 5.91 Å². The van der Waals surface area contributed by atoms with E-state index in [4.69, 9.17) is 0 Å². The van der Waals surface area contributed by atoms with Crippen molar-refractivity contribution in [3.8, 4) is 5.69 Å². The summed E-state index contributed by atoms with van der Waals surface area (Å²) < 4.78 is 2.19. The quantitative estimate of drug-likeness (QED) is 0.384. The molecular weight excluding hydrogens is 360 g/mol. The molecule has 0 fully saturated rings. The predicted octanol–water partition coefficient (Wildman–Crippen LogP) is 4.58. The molecule has 146 valence electrons. The monoisotopic (exact) mass is 384 g/mol. The van der Waals surface area contributed by atoms with Gasteiger partial charge in [-0.15, -0.1) is 0 Å². The number of hydrogen-bond acceptors (Lipinski definition) is 2. The molecule has 0 spiro atoms. The topological polar surface area (TPSA) is 62.2 Å². The minimum absolute atomic E-state index is 0.140. The van der Waals surface area contributed by atoms with Crippen LogP contribution in [0.25, 0.3) is 16.6 Å². The number of carbonyl (C=O) groups is 1. The Hall–Kier alpha value is -3.60. The van der Waals surface area contributed by atoms with E-state index < -0.39 is 0 Å². The van der Waals surface area contributed by atoms with E-state index in [2.05, 4.69) is 71.2 Å². The minimum Gasteiger partial charge on any atom is -0.361 e. The average molecular weight is 384 g/mol. The van der Waals surface area contributed by atoms with Crippen molar-refractivity contribution in [3.63, 3.8) is 0 Å². The van der Waals surface area contributed by atoms with Gasteiger partial charge in [-0.1, -0.05) is 35.9 Å². The molecule has 1 amide bonds. The third-order valence-electron chi connectivity index (χ3n) is 5.18. The average Bonchev–Trinajstić information content (AvgIpc) is 3.23. The SMILES string of the molecule is Cc1ccc(-n2c(C)cc(/C=N/NC(=O)Cc3c[nH]c4ccccc34)c2C)cc1. The number of fused-ring (bicyclic) bond motifs is 1. The lowest BCUT2D eigenvalue weighted by Crippen LogP contribution is -2.19. The largest absolute Gasteiger partial charge is 0.361 e. The van der Waals surface area contributed by atoms with Crippen LogP contribution >= 0.6 is 0 Å². The summed E-state index contributed by atoms with van der Waals surface area (Å²) in [7, 11) is 0. The molecule has 5 nitrogen and oxygen atoms in total. The van der Waals surface area contributed by atoms with E-state index >= 15 is 0 Å². The van der Waals surface area contributed by atoms with Gasteiger partial charge in [-0.3, -0.25) is 4.79 Å². The van der Waals surface area contributed by atoms with E-state index in [0.29, 0.717) is 0 Å². The highest BCUT2D eigenvalue weighted by Crippen LogP contribution is 2.20. The maximum Gasteiger partial charge on any atom is 0.244 e. The highest BCUT2D eigenvalue weighted by molar-refractivity contribution is 5.89. The van der Waals surface area contributed by atoms with Crippen molar-refractivity contribution in [1.29, 1.82) is 0 Å². The molecule has 2 aromatic heterocycles. The fraction of sp³-hybridized carbons (Fsp3) is 0.167. The molecule has 0 aliphatic heterocycles. The van der Waals surface area contributed by atoms with Gasteiger partial charge in [-0.05, 0) is 50.6 Å². The molecule has 5 heteroatoms. The molecule has 2 heterocycles. The van der Waals surface area contributed by atoms with Gasteiger partial charge in [0.05, 0.1) is 12.6 Å². The van der Waals surface area contributed by atoms with Crippen molar-refractivity contribution in [3.05, 3.63) is 88.9 Å². The van der Waals surface area contributed by atoms with E-state index in [-0.39, 0.29) is 12.3 Å². The van der Waals surface area contributed by atoms with Gasteiger partial charge in [0.25, 0.3) is 0 Å². The van der Waals surface area contributed by atoms with Gasteiger partial charge in [0, 0.05) is 39.7 Å². The van der Waals surface area contributed by atoms with E-state index in [9.17, 15) is 4.79 Å². The van der Waals surface area contributed by atoms with Gasteiger partial charge in [0.15, 0.2) is 0 Å². The second-order valence-corrected chi connectivity index (χ2v) is 7.33. The van der Waals surface area contributed by atoms with Crippen LogP contribution in [-0.2, 0) is 11.2 Å². The first-order valence-electron chi connectivity index (χ1n) is 9.66. The van der Waals surface area contributed by atoms with Crippen LogP contribution < -0.4 is 5.43 Å². The molecule has 0 saturated carbocycles. The summed E-state index contributed by atoms with van der Waals surface area (Å²) in [4.78, 5) is 15.5. The molecular formula is C24H24N4O. The zero-order valence-corrected chi connectivity index (χ0v) is 16.9. The summed E-state index contributed by atoms with van der Waals surface area (Å²) in [6, 6.07) is 18.5. The van der Waals surface area contributed by atoms with Crippen LogP contribution in [0.5, 0.6) is 0 Å². The smallest absolute Gasteiger partial charge is 0.244 e. The number of carbonyl (C=O) groups excluding carboxylic acids is 1. The Morgan fingerprint density at radius 2 is 1.86 bits per heavy atom. The van der Waals surface area contributed by atoms with Crippen LogP contribution in [0.4, 0.5) is 0 Å². The van der Waals surface area contributed by atoms with Crippen molar-refractivity contribution in [2.24, 2.45) is 5.10 Å². The number of nitrogens with zero attached hydrogens (tertiary/aromatic N) is 2. The Labute approximate surface area is 170 Å². The molecule has 2 N–H and O–H groups in total. The number of benzene rings is 2. The number of nitrogens with one attached hydrogen (secondary N) is 2. The molecule has 29 heavy (non-hydrogen) atoms. The van der Waals surface area contributed by atoms with Crippen molar-refractivity contribution in [1.82, 2.24) is 15.0 Å². The Kier molecular flexibility index (Phi) is 5.04. The number of hydrogen-bond donors (Lipinski definition) is 2. The molecule has 0 unspecified atom stereocenters. The second-order valence-electron chi connectivity index (χ2n) is 7.33. The first-order valence-corrected chi connectivity index (χ1v) is 9.66. The van der Waals surface area contributed by atoms with Crippen LogP contribution in [0.1, 0.15) is 28.1 Å². The first-order chi connectivity index (χ1) is 14.0. The predicted molar refractivity (Wildman–Crippen MR) is 118 cm³/mol. The summed E-state index contributed by atoms with van der Waals surface area (Å²) in [5.41, 5.74) is 10.2. The number of H-pyrrole nitrogens is 1. The summed E-state index contributed by atoms with van der Waals surface area (Å²) in [6.45, 7) is 6.21. The number of hydrazone groups is 1. The lowest BCUT2D eigenvalue weighted by Gasteiger charge is -2.09. The van der Waals surface area contributed by atoms with Crippen LogP contribution in [0.15, 0.2) is 65.9 Å². The molecule has 0 aliphatic carbocycles. The van der Waals surface area contributed by atoms with Crippen LogP contribution in [-0.4, -0.2) is 21.7 Å². The van der Waals surface area contributed by atoms with E-state index in [1.165, 1.54) is 5.56 Å². The number of rotatable bonds is 5. The van der Waals surface area contributed by atoms with E-state index in [1.807, 2.05) is 30.5 Å². The number of aromatic amines is 1. The molecule has 4 aromatic rings. The van der Waals surface area contributed by atoms with Gasteiger partial charge < -0.3 is 9.55 Å². The Morgan fingerprint density at radius 1 is 1.10 bits per heavy atom. The fourth-order valence-electron chi connectivity index (χ4n) is 3.67. The number of para-hydroxylation sites is 1. The van der Waals surface area contributed by atoms with Crippen molar-refractivity contribution in [2.75, 3.05) is 0 Å². The lowest BCUT2D eigenvalue weighted by molar-refractivity contribution is -0.120. The highest BCUT2D eigenvalue weighted by atomic mass is 16.2. The maximum absolute atomic E-state index is 12.3. The summed E-state index contributed by atoms with van der Waals surface area (Å²) >= 11 is 0. The number of aromatic nitrogens is 2. The Morgan fingerprint density at radius 3 is 2.66 bits per heavy atom. The summed E-state index contributed by atoms with van der Waals surface area (Å²) in [6.07, 6.45) is 3.87. The van der Waals surface area contributed by atoms with E-state index in [1.54, 1.807) is 6.21 Å². The first kappa shape index (κ1) is 18.7.